The van der Waals surface area contributed by atoms with Gasteiger partial charge in [0.15, 0.2) is 23.9 Å². The summed E-state index contributed by atoms with van der Waals surface area (Å²) in [5.41, 5.74) is 0.381. The fourth-order valence-electron chi connectivity index (χ4n) is 4.20. The van der Waals surface area contributed by atoms with Gasteiger partial charge in [-0.15, -0.1) is 11.3 Å². The van der Waals surface area contributed by atoms with Gasteiger partial charge in [0.2, 0.25) is 0 Å². The van der Waals surface area contributed by atoms with Gasteiger partial charge in [0.25, 0.3) is 11.5 Å². The lowest BCUT2D eigenvalue weighted by molar-refractivity contribution is -0.140. The molecule has 8 nitrogen and oxygen atoms in total. The number of amides is 1. The number of ketones is 1. The number of nitrogens with one attached hydrogen (secondary N) is 1. The van der Waals surface area contributed by atoms with Gasteiger partial charge in [0, 0.05) is 16.8 Å². The Morgan fingerprint density at radius 3 is 2.85 bits per heavy atom. The monoisotopic (exact) mass is 459 g/mol. The molecule has 2 aromatic carbocycles. The number of nitriles is 1. The van der Waals surface area contributed by atoms with Gasteiger partial charge in [-0.05, 0) is 35.7 Å². The van der Waals surface area contributed by atoms with Crippen LogP contribution >= 0.6 is 11.3 Å². The summed E-state index contributed by atoms with van der Waals surface area (Å²) in [6.45, 7) is -0.140. The van der Waals surface area contributed by atoms with Gasteiger partial charge in [0.05, 0.1) is 12.0 Å². The van der Waals surface area contributed by atoms with Crippen molar-refractivity contribution in [3.05, 3.63) is 76.0 Å². The quantitative estimate of drug-likeness (QED) is 0.563. The van der Waals surface area contributed by atoms with Crippen molar-refractivity contribution >= 4 is 34.4 Å². The number of anilines is 1. The topological polar surface area (TPSA) is 110 Å². The van der Waals surface area contributed by atoms with Gasteiger partial charge >= 0.3 is 0 Å². The minimum atomic E-state index is -1.61. The molecule has 5 rings (SSSR count). The van der Waals surface area contributed by atoms with E-state index in [1.54, 1.807) is 60.0 Å². The van der Waals surface area contributed by atoms with E-state index in [1.165, 1.54) is 18.4 Å². The molecule has 164 valence electrons. The zero-order valence-corrected chi connectivity index (χ0v) is 18.2. The maximum Gasteiger partial charge on any atom is 0.277 e. The molecule has 0 bridgehead atoms. The number of ether oxygens (including phenoxy) is 2. The number of thiophene rings is 1. The molecule has 1 N–H and O–H groups in total. The Labute approximate surface area is 193 Å². The number of carbonyl (C=O) groups excluding carboxylic acids is 2. The van der Waals surface area contributed by atoms with Crippen molar-refractivity contribution in [1.29, 1.82) is 5.26 Å². The average Bonchev–Trinajstić information content (AvgIpc) is 3.57. The van der Waals surface area contributed by atoms with Crippen molar-refractivity contribution in [3.8, 4) is 17.6 Å². The van der Waals surface area contributed by atoms with Crippen molar-refractivity contribution < 1.29 is 23.9 Å². The van der Waals surface area contributed by atoms with Gasteiger partial charge < -0.3 is 19.6 Å². The molecule has 9 heteroatoms. The number of benzene rings is 2. The number of nitrogens with zero attached hydrogens (tertiary/aromatic N) is 2. The van der Waals surface area contributed by atoms with Crippen molar-refractivity contribution in [2.45, 2.75) is 5.60 Å². The van der Waals surface area contributed by atoms with Gasteiger partial charge in [-0.3, -0.25) is 9.59 Å². The second-order valence-electron chi connectivity index (χ2n) is 7.39. The number of rotatable bonds is 6. The molecular formula is C24H17N3O5S. The Hall–Kier alpha value is -4.16. The zero-order chi connectivity index (χ0) is 23.0. The molecule has 0 saturated heterocycles. The second-order valence-corrected chi connectivity index (χ2v) is 8.34. The Kier molecular flexibility index (Phi) is 5.07. The normalized spacial score (nSPS) is 20.4. The van der Waals surface area contributed by atoms with Crippen LogP contribution in [0.5, 0.6) is 11.5 Å². The first-order valence-electron chi connectivity index (χ1n) is 10.0. The summed E-state index contributed by atoms with van der Waals surface area (Å²) in [7, 11) is 1.47. The zero-order valence-electron chi connectivity index (χ0n) is 17.4. The van der Waals surface area contributed by atoms with E-state index in [-0.39, 0.29) is 12.4 Å². The van der Waals surface area contributed by atoms with E-state index in [2.05, 4.69) is 10.5 Å². The highest BCUT2D eigenvalue weighted by Crippen LogP contribution is 2.50. The van der Waals surface area contributed by atoms with Crippen molar-refractivity contribution in [1.82, 2.24) is 0 Å². The van der Waals surface area contributed by atoms with Crippen LogP contribution in [0.15, 0.2) is 65.1 Å². The molecule has 0 aliphatic carbocycles. The lowest BCUT2D eigenvalue weighted by atomic mass is 9.75. The number of hydrogen-bond acceptors (Lipinski definition) is 8. The summed E-state index contributed by atoms with van der Waals surface area (Å²) in [6.07, 6.45) is 0. The van der Waals surface area contributed by atoms with Crippen molar-refractivity contribution in [2.75, 3.05) is 19.0 Å². The van der Waals surface area contributed by atoms with Crippen LogP contribution in [0.4, 0.5) is 5.69 Å². The van der Waals surface area contributed by atoms with E-state index in [4.69, 9.17) is 19.6 Å². The Morgan fingerprint density at radius 2 is 2.09 bits per heavy atom. The Bertz CT molecular complexity index is 1330. The number of methoxy groups -OCH3 is 1. The van der Waals surface area contributed by atoms with Gasteiger partial charge in [-0.2, -0.15) is 5.26 Å². The number of para-hydroxylation sites is 1. The fraction of sp³-hybridized carbons (Fsp3) is 0.167. The molecule has 3 heterocycles. The van der Waals surface area contributed by atoms with Crippen molar-refractivity contribution in [3.63, 3.8) is 0 Å². The van der Waals surface area contributed by atoms with Crippen LogP contribution in [0.3, 0.4) is 0 Å². The van der Waals surface area contributed by atoms with E-state index in [0.717, 1.165) is 0 Å². The Morgan fingerprint density at radius 1 is 1.24 bits per heavy atom. The molecule has 1 spiro atoms. The van der Waals surface area contributed by atoms with Crippen LogP contribution in [0.2, 0.25) is 0 Å². The lowest BCUT2D eigenvalue weighted by Crippen LogP contribution is -2.46. The predicted molar refractivity (Wildman–Crippen MR) is 121 cm³/mol. The molecule has 33 heavy (non-hydrogen) atoms. The lowest BCUT2D eigenvalue weighted by Gasteiger charge is -2.26. The van der Waals surface area contributed by atoms with Gasteiger partial charge in [-0.25, -0.2) is 0 Å². The molecule has 2 aliphatic heterocycles. The molecule has 1 aromatic heterocycles. The van der Waals surface area contributed by atoms with E-state index >= 15 is 0 Å². The van der Waals surface area contributed by atoms with E-state index in [1.807, 2.05) is 6.07 Å². The molecular weight excluding hydrogens is 442 g/mol. The first kappa shape index (κ1) is 20.7. The minimum absolute atomic E-state index is 0.140. The SMILES string of the molecule is COc1cc(C2=NO[C@]3(C(=O)Nc4ccccc43)[C@H]2C(=O)c2cccs2)ccc1OCC#N. The van der Waals surface area contributed by atoms with Crippen LogP contribution in [0.1, 0.15) is 20.8 Å². The Balaban J connectivity index is 1.64. The average molecular weight is 459 g/mol. The summed E-state index contributed by atoms with van der Waals surface area (Å²) in [5.74, 6) is -0.988. The van der Waals surface area contributed by atoms with Gasteiger partial charge in [0.1, 0.15) is 17.7 Å². The second kappa shape index (κ2) is 8.07. The highest BCUT2D eigenvalue weighted by Gasteiger charge is 2.63. The third kappa shape index (κ3) is 3.15. The number of fused-ring (bicyclic) bond motifs is 2. The third-order valence-corrected chi connectivity index (χ3v) is 6.54. The molecule has 0 radical (unpaired) electrons. The first-order chi connectivity index (χ1) is 16.1. The maximum atomic E-state index is 13.7. The number of hydrogen-bond donors (Lipinski definition) is 1. The van der Waals surface area contributed by atoms with Crippen LogP contribution in [-0.4, -0.2) is 31.1 Å². The first-order valence-corrected chi connectivity index (χ1v) is 10.9. The molecule has 0 saturated carbocycles. The smallest absolute Gasteiger partial charge is 0.277 e. The highest BCUT2D eigenvalue weighted by atomic mass is 32.1. The highest BCUT2D eigenvalue weighted by molar-refractivity contribution is 7.12. The summed E-state index contributed by atoms with van der Waals surface area (Å²) in [6, 6.07) is 17.5. The minimum Gasteiger partial charge on any atom is -0.493 e. The third-order valence-electron chi connectivity index (χ3n) is 5.66. The molecule has 2 atom stereocenters. The largest absolute Gasteiger partial charge is 0.493 e. The van der Waals surface area contributed by atoms with E-state index in [0.29, 0.717) is 38.9 Å². The molecule has 1 amide bonds. The van der Waals surface area contributed by atoms with Crippen LogP contribution in [0.25, 0.3) is 0 Å². The summed E-state index contributed by atoms with van der Waals surface area (Å²) < 4.78 is 10.8. The molecule has 2 aliphatic rings. The standard InChI is InChI=1S/C24H17N3O5S/c1-30-18-13-14(8-9-17(18)31-11-10-25)21-20(22(28)19-7-4-12-33-19)24(32-27-21)15-5-2-3-6-16(15)26-23(24)29/h2-9,12-13,20H,11H2,1H3,(H,26,29)/t20-,24+/m1/s1. The predicted octanol–water partition coefficient (Wildman–Crippen LogP) is 3.74. The molecule has 3 aromatic rings. The van der Waals surface area contributed by atoms with Crippen LogP contribution in [0, 0.1) is 17.2 Å². The molecule has 0 unspecified atom stereocenters. The molecule has 0 fully saturated rings. The van der Waals surface area contributed by atoms with E-state index < -0.39 is 17.4 Å². The number of oxime groups is 1. The van der Waals surface area contributed by atoms with Gasteiger partial charge in [-0.1, -0.05) is 29.4 Å². The number of Topliss-reactive ketones (excluding diaryl/α,β-unsaturated/α-hetero) is 1. The van der Waals surface area contributed by atoms with Crippen LogP contribution in [-0.2, 0) is 15.2 Å². The fourth-order valence-corrected chi connectivity index (χ4v) is 4.89. The van der Waals surface area contributed by atoms with Crippen molar-refractivity contribution in [2.24, 2.45) is 11.1 Å². The summed E-state index contributed by atoms with van der Waals surface area (Å²) in [4.78, 5) is 33.4. The summed E-state index contributed by atoms with van der Waals surface area (Å²) in [5, 5.41) is 17.7. The van der Waals surface area contributed by atoms with Crippen LogP contribution < -0.4 is 14.8 Å². The summed E-state index contributed by atoms with van der Waals surface area (Å²) >= 11 is 1.29. The van der Waals surface area contributed by atoms with E-state index in [9.17, 15) is 9.59 Å². The number of carbonyl (C=O) groups is 2. The maximum absolute atomic E-state index is 13.7.